The van der Waals surface area contributed by atoms with Crippen molar-refractivity contribution in [3.05, 3.63) is 34.3 Å². The second-order valence-corrected chi connectivity index (χ2v) is 17.4. The number of allylic oxidation sites excluding steroid dienone is 1. The second kappa shape index (κ2) is 14.2. The molecular weight excluding hydrogens is 719 g/mol. The van der Waals surface area contributed by atoms with Crippen LogP contribution in [-0.2, 0) is 33.4 Å². The quantitative estimate of drug-likeness (QED) is 0.0810. The number of ether oxygens (including phenoxy) is 3. The first-order valence-corrected chi connectivity index (χ1v) is 19.6. The molecule has 47 heavy (non-hydrogen) atoms. The molecule has 1 saturated carbocycles. The number of aliphatic carboxylic acids is 1. The monoisotopic (exact) mass is 769 g/mol. The third-order valence-electron chi connectivity index (χ3n) is 10.8. The van der Waals surface area contributed by atoms with Gasteiger partial charge in [0, 0.05) is 0 Å². The molecule has 3 fully saturated rings. The van der Waals surface area contributed by atoms with Crippen LogP contribution in [0.15, 0.2) is 34.3 Å². The number of aliphatic hydroxyl groups excluding tert-OH is 1. The fraction of sp³-hybridized carbons (Fsp3) is 0.714. The Kier molecular flexibility index (Phi) is 10.8. The molecule has 0 aromatic carbocycles. The number of nitrogens with zero attached hydrogens (tertiary/aromatic N) is 2. The zero-order valence-electron chi connectivity index (χ0n) is 28.4. The van der Waals surface area contributed by atoms with E-state index in [4.69, 9.17) is 19.3 Å². The molecule has 0 amide bonds. The van der Waals surface area contributed by atoms with Gasteiger partial charge in [-0.2, -0.15) is 0 Å². The van der Waals surface area contributed by atoms with Crippen molar-refractivity contribution in [2.24, 2.45) is 16.7 Å². The van der Waals surface area contributed by atoms with E-state index in [0.29, 0.717) is 49.8 Å². The van der Waals surface area contributed by atoms with Gasteiger partial charge >= 0.3 is 263 Å². The Morgan fingerprint density at radius 1 is 1.09 bits per heavy atom. The molecule has 5 atom stereocenters. The molecule has 5 aliphatic rings. The van der Waals surface area contributed by atoms with Gasteiger partial charge in [0.1, 0.15) is 0 Å². The molecule has 3 aliphatic carbocycles. The van der Waals surface area contributed by atoms with Crippen molar-refractivity contribution in [3.63, 3.8) is 0 Å². The molecule has 1 spiro atoms. The molecule has 0 bridgehead atoms. The summed E-state index contributed by atoms with van der Waals surface area (Å²) < 4.78 is 18.6. The number of alkyl halides is 2. The van der Waals surface area contributed by atoms with E-state index in [0.717, 1.165) is 48.6 Å². The van der Waals surface area contributed by atoms with Gasteiger partial charge in [0.25, 0.3) is 0 Å². The van der Waals surface area contributed by atoms with Crippen LogP contribution in [0.25, 0.3) is 0 Å². The van der Waals surface area contributed by atoms with E-state index >= 15 is 0 Å². The van der Waals surface area contributed by atoms with Crippen LogP contribution >= 0.6 is 0 Å². The van der Waals surface area contributed by atoms with E-state index in [9.17, 15) is 24.3 Å². The van der Waals surface area contributed by atoms with Gasteiger partial charge in [-0.3, -0.25) is 0 Å². The van der Waals surface area contributed by atoms with Gasteiger partial charge in [-0.1, -0.05) is 0 Å². The van der Waals surface area contributed by atoms with Gasteiger partial charge in [0.05, 0.1) is 0 Å². The number of halogens is 1. The number of rotatable bonds is 15. The molecule has 2 heterocycles. The molecule has 0 aromatic rings. The Hall–Kier alpha value is -2.45. The van der Waals surface area contributed by atoms with Crippen LogP contribution in [0.1, 0.15) is 77.6 Å². The first-order valence-electron chi connectivity index (χ1n) is 16.8. The second-order valence-electron chi connectivity index (χ2n) is 14.3. The summed E-state index contributed by atoms with van der Waals surface area (Å²) in [6, 6.07) is 0. The standard InChI is InChI=1S/C35H50IN2O9/c1-33-15-13-24-27(23(33)14-16-36-32(33)46-26(41)12-9-7-6-8-11-25(39)40)29(42)30(43)28-22(19-38(4)18-10-17-37(2)3)31(44)47-34(21-45-5)20-35(24,28)34/h19,23,32,43H,6-18,20-21H2,1-5H3,(H,39,40)/q-1/b22-19+/t23?,32-,33+,34?,35-/m1/s1. The van der Waals surface area contributed by atoms with Crippen molar-refractivity contribution in [2.45, 2.75) is 87.3 Å². The number of carboxylic acid groups (broad SMARTS) is 1. The van der Waals surface area contributed by atoms with E-state index in [1.807, 2.05) is 26.0 Å². The number of fused-ring (bicyclic) bond motifs is 2. The molecule has 12 heteroatoms. The van der Waals surface area contributed by atoms with E-state index in [2.05, 4.69) is 11.8 Å². The Labute approximate surface area is 288 Å². The topological polar surface area (TPSA) is 143 Å². The molecule has 5 rings (SSSR count). The van der Waals surface area contributed by atoms with Crippen molar-refractivity contribution >= 4 is 23.7 Å². The van der Waals surface area contributed by atoms with Crippen LogP contribution in [0.4, 0.5) is 0 Å². The Bertz CT molecular complexity index is 1390. The number of hydrogen-bond donors (Lipinski definition) is 2. The van der Waals surface area contributed by atoms with E-state index in [1.54, 1.807) is 13.3 Å². The summed E-state index contributed by atoms with van der Waals surface area (Å²) in [5.74, 6) is -2.56. The first-order chi connectivity index (χ1) is 22.3. The number of carboxylic acids is 1. The third kappa shape index (κ3) is 6.62. The van der Waals surface area contributed by atoms with E-state index in [1.165, 1.54) is 0 Å². The predicted octanol–water partition coefficient (Wildman–Crippen LogP) is 0.981. The zero-order chi connectivity index (χ0) is 34.1. The number of methoxy groups -OCH3 is 1. The van der Waals surface area contributed by atoms with Crippen LogP contribution in [0.2, 0.25) is 0 Å². The van der Waals surface area contributed by atoms with Crippen molar-refractivity contribution in [3.8, 4) is 0 Å². The third-order valence-corrected chi connectivity index (χ3v) is 14.5. The number of aliphatic hydroxyl groups is 1. The van der Waals surface area contributed by atoms with Crippen LogP contribution in [0, 0.1) is 16.7 Å². The summed E-state index contributed by atoms with van der Waals surface area (Å²) in [6.45, 7) is 3.87. The van der Waals surface area contributed by atoms with Crippen LogP contribution in [-0.4, -0.2) is 106 Å². The number of carbonyl (C=O) groups is 4. The molecule has 11 nitrogen and oxygen atoms in total. The Morgan fingerprint density at radius 2 is 1.81 bits per heavy atom. The predicted molar refractivity (Wildman–Crippen MR) is 169 cm³/mol. The molecule has 2 aliphatic heterocycles. The Balaban J connectivity index is 1.40. The molecule has 0 aromatic heterocycles. The van der Waals surface area contributed by atoms with Crippen molar-refractivity contribution in [1.29, 1.82) is 0 Å². The van der Waals surface area contributed by atoms with Crippen LogP contribution in [0.3, 0.4) is 0 Å². The van der Waals surface area contributed by atoms with E-state index in [-0.39, 0.29) is 40.4 Å². The molecule has 2 saturated heterocycles. The molecule has 262 valence electrons. The van der Waals surface area contributed by atoms with Crippen molar-refractivity contribution in [1.82, 2.24) is 9.80 Å². The molecular formula is C35H50IN2O9-. The summed E-state index contributed by atoms with van der Waals surface area (Å²) in [5.41, 5.74) is -0.0327. The van der Waals surface area contributed by atoms with Gasteiger partial charge in [0.15, 0.2) is 0 Å². The number of hydrogen-bond acceptors (Lipinski definition) is 10. The SMILES string of the molecule is COCC12C[C@]13C1=C(C(=O)C(O)=C3/C(=C\N(C)CCCN(C)C)C(=O)O2)C2CC[I-][C@H](OC(=O)CCCCCCC(=O)O)[C@@]2(C)CC1. The van der Waals surface area contributed by atoms with Gasteiger partial charge in [-0.25, -0.2) is 0 Å². The van der Waals surface area contributed by atoms with Crippen molar-refractivity contribution in [2.75, 3.05) is 52.4 Å². The minimum absolute atomic E-state index is 0.140. The maximum atomic E-state index is 14.3. The summed E-state index contributed by atoms with van der Waals surface area (Å²) in [4.78, 5) is 55.6. The molecule has 0 radical (unpaired) electrons. The summed E-state index contributed by atoms with van der Waals surface area (Å²) >= 11 is -0.457. The summed E-state index contributed by atoms with van der Waals surface area (Å²) in [5, 5.41) is 20.6. The summed E-state index contributed by atoms with van der Waals surface area (Å²) in [6.07, 6.45) is 8.38. The number of unbranched alkanes of at least 4 members (excludes halogenated alkanes) is 3. The van der Waals surface area contributed by atoms with Gasteiger partial charge in [-0.05, 0) is 20.6 Å². The number of ketones is 1. The van der Waals surface area contributed by atoms with Gasteiger partial charge in [0.2, 0.25) is 0 Å². The number of esters is 2. The maximum absolute atomic E-state index is 14.3. The summed E-state index contributed by atoms with van der Waals surface area (Å²) in [7, 11) is 7.48. The number of Topliss-reactive ketones (excluding diaryl/α,β-unsaturated/α-hetero) is 1. The van der Waals surface area contributed by atoms with Crippen LogP contribution < -0.4 is 21.2 Å². The first kappa shape index (κ1) is 35.8. The fourth-order valence-electron chi connectivity index (χ4n) is 8.38. The molecule has 2 N–H and O–H groups in total. The normalized spacial score (nSPS) is 32.2. The number of carbonyl (C=O) groups excluding carboxylic acids is 3. The average molecular weight is 770 g/mol. The fourth-order valence-corrected chi connectivity index (χ4v) is 12.1. The average Bonchev–Trinajstić information content (AvgIpc) is 3.65. The van der Waals surface area contributed by atoms with Gasteiger partial charge in [-0.15, -0.1) is 0 Å². The molecule has 2 unspecified atom stereocenters. The zero-order valence-corrected chi connectivity index (χ0v) is 30.5. The van der Waals surface area contributed by atoms with Gasteiger partial charge < -0.3 is 4.90 Å². The Morgan fingerprint density at radius 3 is 2.49 bits per heavy atom. The minimum atomic E-state index is -0.976. The van der Waals surface area contributed by atoms with E-state index < -0.39 is 55.4 Å². The van der Waals surface area contributed by atoms with Crippen molar-refractivity contribution < 1.29 is 64.8 Å². The van der Waals surface area contributed by atoms with Crippen LogP contribution in [0.5, 0.6) is 0 Å².